The fourth-order valence-electron chi connectivity index (χ4n) is 2.58. The third-order valence-corrected chi connectivity index (χ3v) is 7.16. The molecule has 1 aromatic carbocycles. The van der Waals surface area contributed by atoms with Gasteiger partial charge in [0.05, 0.1) is 10.7 Å². The Balaban J connectivity index is 2.20. The number of hydrogen-bond donors (Lipinski definition) is 2. The highest BCUT2D eigenvalue weighted by Gasteiger charge is 2.34. The molecule has 0 radical (unpaired) electrons. The molecule has 20 heavy (non-hydrogen) atoms. The predicted molar refractivity (Wildman–Crippen MR) is 85.8 cm³/mol. The van der Waals surface area contributed by atoms with Crippen molar-refractivity contribution in [3.8, 4) is 0 Å². The van der Waals surface area contributed by atoms with E-state index in [9.17, 15) is 8.42 Å². The van der Waals surface area contributed by atoms with Gasteiger partial charge in [-0.15, -0.1) is 0 Å². The molecule has 7 heteroatoms. The molecule has 0 aromatic heterocycles. The van der Waals surface area contributed by atoms with Gasteiger partial charge < -0.3 is 5.73 Å². The molecule has 1 aromatic rings. The topological polar surface area (TPSA) is 72.2 Å². The third kappa shape index (κ3) is 3.24. The van der Waals surface area contributed by atoms with E-state index in [1.165, 1.54) is 6.07 Å². The van der Waals surface area contributed by atoms with Gasteiger partial charge in [-0.1, -0.05) is 30.5 Å². The van der Waals surface area contributed by atoms with Crippen LogP contribution in [0.15, 0.2) is 23.1 Å². The van der Waals surface area contributed by atoms with Crippen LogP contribution in [-0.4, -0.2) is 26.0 Å². The van der Waals surface area contributed by atoms with Crippen molar-refractivity contribution in [2.75, 3.05) is 18.5 Å². The molecule has 2 rings (SSSR count). The summed E-state index contributed by atoms with van der Waals surface area (Å²) >= 11 is 7.71. The zero-order valence-corrected chi connectivity index (χ0v) is 13.7. The van der Waals surface area contributed by atoms with Gasteiger partial charge in [-0.2, -0.15) is 11.8 Å². The highest BCUT2D eigenvalue weighted by molar-refractivity contribution is 8.00. The summed E-state index contributed by atoms with van der Waals surface area (Å²) < 4.78 is 27.5. The van der Waals surface area contributed by atoms with E-state index in [0.29, 0.717) is 6.54 Å². The number of nitrogens with two attached hydrogens (primary N) is 1. The Labute approximate surface area is 129 Å². The van der Waals surface area contributed by atoms with Crippen molar-refractivity contribution in [1.29, 1.82) is 0 Å². The second-order valence-corrected chi connectivity index (χ2v) is 8.46. The number of hydrogen-bond acceptors (Lipinski definition) is 4. The van der Waals surface area contributed by atoms with Crippen LogP contribution in [0.3, 0.4) is 0 Å². The molecule has 0 saturated heterocycles. The molecule has 1 fully saturated rings. The molecule has 0 amide bonds. The maximum absolute atomic E-state index is 12.4. The monoisotopic (exact) mass is 334 g/mol. The summed E-state index contributed by atoms with van der Waals surface area (Å²) in [6, 6.07) is 4.71. The van der Waals surface area contributed by atoms with E-state index in [4.69, 9.17) is 17.3 Å². The third-order valence-electron chi connectivity index (χ3n) is 3.80. The Hall–Kier alpha value is -0.430. The van der Waals surface area contributed by atoms with Gasteiger partial charge in [-0.05, 0) is 31.2 Å². The highest BCUT2D eigenvalue weighted by atomic mass is 35.5. The summed E-state index contributed by atoms with van der Waals surface area (Å²) in [6.07, 6.45) is 6.40. The fraction of sp³-hybridized carbons (Fsp3) is 0.538. The number of nitrogens with one attached hydrogen (secondary N) is 1. The molecule has 0 aliphatic heterocycles. The molecule has 0 atom stereocenters. The van der Waals surface area contributed by atoms with Crippen LogP contribution in [0, 0.1) is 0 Å². The number of benzene rings is 1. The van der Waals surface area contributed by atoms with Gasteiger partial charge in [0.25, 0.3) is 0 Å². The Morgan fingerprint density at radius 3 is 2.60 bits per heavy atom. The Morgan fingerprint density at radius 2 is 2.05 bits per heavy atom. The lowest BCUT2D eigenvalue weighted by Crippen LogP contribution is -2.38. The maximum Gasteiger partial charge on any atom is 0.244 e. The second-order valence-electron chi connectivity index (χ2n) is 5.08. The molecule has 0 bridgehead atoms. The van der Waals surface area contributed by atoms with Crippen molar-refractivity contribution in [3.05, 3.63) is 23.2 Å². The molecule has 1 aliphatic carbocycles. The van der Waals surface area contributed by atoms with Gasteiger partial charge in [-0.3, -0.25) is 0 Å². The van der Waals surface area contributed by atoms with Crippen LogP contribution < -0.4 is 10.5 Å². The fourth-order valence-corrected chi connectivity index (χ4v) is 5.39. The van der Waals surface area contributed by atoms with Gasteiger partial charge in [0.1, 0.15) is 4.90 Å². The first-order valence-corrected chi connectivity index (χ1v) is 9.58. The normalized spacial score (nSPS) is 18.3. The number of thioether (sulfide) groups is 1. The molecule has 1 aliphatic rings. The van der Waals surface area contributed by atoms with E-state index in [1.54, 1.807) is 23.9 Å². The average Bonchev–Trinajstić information content (AvgIpc) is 2.85. The number of nitrogen functional groups attached to an aromatic ring is 1. The van der Waals surface area contributed by atoms with E-state index < -0.39 is 10.0 Å². The molecular weight excluding hydrogens is 316 g/mol. The summed E-state index contributed by atoms with van der Waals surface area (Å²) in [7, 11) is -3.68. The van der Waals surface area contributed by atoms with Gasteiger partial charge >= 0.3 is 0 Å². The van der Waals surface area contributed by atoms with Crippen LogP contribution in [0.2, 0.25) is 5.02 Å². The van der Waals surface area contributed by atoms with E-state index in [0.717, 1.165) is 25.7 Å². The second kappa shape index (κ2) is 6.13. The van der Waals surface area contributed by atoms with Crippen molar-refractivity contribution in [2.24, 2.45) is 0 Å². The molecule has 0 spiro atoms. The zero-order valence-electron chi connectivity index (χ0n) is 11.4. The van der Waals surface area contributed by atoms with Gasteiger partial charge in [0.15, 0.2) is 0 Å². The lowest BCUT2D eigenvalue weighted by atomic mass is 10.1. The quantitative estimate of drug-likeness (QED) is 0.812. The van der Waals surface area contributed by atoms with Gasteiger partial charge in [0, 0.05) is 11.3 Å². The van der Waals surface area contributed by atoms with Crippen molar-refractivity contribution in [1.82, 2.24) is 4.72 Å². The minimum absolute atomic E-state index is 0.00306. The minimum Gasteiger partial charge on any atom is -0.398 e. The van der Waals surface area contributed by atoms with Crippen molar-refractivity contribution in [2.45, 2.75) is 35.3 Å². The molecule has 3 N–H and O–H groups in total. The number of sulfonamides is 1. The van der Waals surface area contributed by atoms with Crippen LogP contribution in [-0.2, 0) is 10.0 Å². The van der Waals surface area contributed by atoms with E-state index in [-0.39, 0.29) is 20.4 Å². The zero-order chi connectivity index (χ0) is 14.8. The predicted octanol–water partition coefficient (Wildman–Crippen LogP) is 2.88. The molecule has 0 heterocycles. The minimum atomic E-state index is -3.68. The number of rotatable bonds is 5. The largest absolute Gasteiger partial charge is 0.398 e. The smallest absolute Gasteiger partial charge is 0.244 e. The standard InChI is InChI=1S/C13H19ClN2O2S2/c1-19-13(7-2-3-8-13)9-16-20(17,18)12-10(14)5-4-6-11(12)15/h4-6,16H,2-3,7-9,15H2,1H3. The van der Waals surface area contributed by atoms with Crippen LogP contribution in [0.25, 0.3) is 0 Å². The first-order valence-electron chi connectivity index (χ1n) is 6.49. The van der Waals surface area contributed by atoms with Crippen LogP contribution in [0.1, 0.15) is 25.7 Å². The van der Waals surface area contributed by atoms with Crippen LogP contribution in [0.4, 0.5) is 5.69 Å². The average molecular weight is 335 g/mol. The molecule has 4 nitrogen and oxygen atoms in total. The van der Waals surface area contributed by atoms with E-state index in [1.807, 2.05) is 6.26 Å². The van der Waals surface area contributed by atoms with Crippen molar-refractivity contribution in [3.63, 3.8) is 0 Å². The summed E-state index contributed by atoms with van der Waals surface area (Å²) in [6.45, 7) is 0.418. The van der Waals surface area contributed by atoms with Gasteiger partial charge in [-0.25, -0.2) is 13.1 Å². The van der Waals surface area contributed by atoms with E-state index >= 15 is 0 Å². The maximum atomic E-state index is 12.4. The van der Waals surface area contributed by atoms with Crippen LogP contribution >= 0.6 is 23.4 Å². The lowest BCUT2D eigenvalue weighted by Gasteiger charge is -2.27. The van der Waals surface area contributed by atoms with Crippen LogP contribution in [0.5, 0.6) is 0 Å². The summed E-state index contributed by atoms with van der Waals surface area (Å²) in [5.41, 5.74) is 5.92. The molecule has 0 unspecified atom stereocenters. The highest BCUT2D eigenvalue weighted by Crippen LogP contribution is 2.40. The first-order chi connectivity index (χ1) is 9.40. The SMILES string of the molecule is CSC1(CNS(=O)(=O)c2c(N)cccc2Cl)CCCC1. The molecule has 1 saturated carbocycles. The Bertz CT molecular complexity index is 564. The Kier molecular flexibility index (Phi) is 4.89. The Morgan fingerprint density at radius 1 is 1.40 bits per heavy atom. The summed E-state index contributed by atoms with van der Waals surface area (Å²) in [5.74, 6) is 0. The lowest BCUT2D eigenvalue weighted by molar-refractivity contribution is 0.551. The summed E-state index contributed by atoms with van der Waals surface area (Å²) in [4.78, 5) is -0.0177. The molecular formula is C13H19ClN2O2S2. The van der Waals surface area contributed by atoms with Crippen molar-refractivity contribution < 1.29 is 8.42 Å². The first kappa shape index (κ1) is 15.9. The van der Waals surface area contributed by atoms with Crippen molar-refractivity contribution >= 4 is 39.1 Å². The summed E-state index contributed by atoms with van der Waals surface area (Å²) in [5, 5.41) is 0.155. The van der Waals surface area contributed by atoms with E-state index in [2.05, 4.69) is 4.72 Å². The number of halogens is 1. The van der Waals surface area contributed by atoms with Gasteiger partial charge in [0.2, 0.25) is 10.0 Å². The number of anilines is 1. The molecule has 112 valence electrons.